The summed E-state index contributed by atoms with van der Waals surface area (Å²) in [6, 6.07) is 20.5. The van der Waals surface area contributed by atoms with Crippen molar-refractivity contribution in [2.24, 2.45) is 0 Å². The van der Waals surface area contributed by atoms with E-state index in [4.69, 9.17) is 39.1 Å². The van der Waals surface area contributed by atoms with Crippen LogP contribution in [0.5, 0.6) is 11.5 Å². The predicted molar refractivity (Wildman–Crippen MR) is 207 cm³/mol. The molecule has 0 unspecified atom stereocenters. The highest BCUT2D eigenvalue weighted by Gasteiger charge is 2.30. The van der Waals surface area contributed by atoms with E-state index in [0.29, 0.717) is 38.2 Å². The van der Waals surface area contributed by atoms with Crippen LogP contribution < -0.4 is 29.1 Å². The number of morpholine rings is 1. The van der Waals surface area contributed by atoms with E-state index in [9.17, 15) is 0 Å². The Hall–Kier alpha value is -5.53. The maximum absolute atomic E-state index is 5.67. The van der Waals surface area contributed by atoms with Gasteiger partial charge in [-0.1, -0.05) is 24.3 Å². The van der Waals surface area contributed by atoms with E-state index >= 15 is 0 Å². The van der Waals surface area contributed by atoms with Crippen LogP contribution in [0, 0.1) is 0 Å². The second-order valence-electron chi connectivity index (χ2n) is 13.7. The fourth-order valence-electron chi connectivity index (χ4n) is 7.11. The van der Waals surface area contributed by atoms with E-state index in [1.165, 1.54) is 0 Å². The molecule has 13 heteroatoms. The summed E-state index contributed by atoms with van der Waals surface area (Å²) in [5.74, 6) is 4.90. The molecule has 0 saturated carbocycles. The molecule has 53 heavy (non-hydrogen) atoms. The van der Waals surface area contributed by atoms with Crippen LogP contribution in [-0.2, 0) is 24.2 Å². The molecule has 2 aromatic carbocycles. The molecule has 0 radical (unpaired) electrons. The number of rotatable bonds is 11. The van der Waals surface area contributed by atoms with Crippen molar-refractivity contribution < 1.29 is 14.2 Å². The molecule has 0 aliphatic carbocycles. The van der Waals surface area contributed by atoms with Crippen LogP contribution in [0.2, 0.25) is 0 Å². The van der Waals surface area contributed by atoms with Gasteiger partial charge in [0, 0.05) is 82.4 Å². The Morgan fingerprint density at radius 1 is 0.679 bits per heavy atom. The highest BCUT2D eigenvalue weighted by Crippen LogP contribution is 2.39. The van der Waals surface area contributed by atoms with Gasteiger partial charge in [0.15, 0.2) is 0 Å². The Labute approximate surface area is 310 Å². The normalized spacial score (nSPS) is 16.1. The molecule has 13 nitrogen and oxygen atoms in total. The highest BCUT2D eigenvalue weighted by molar-refractivity contribution is 5.77. The monoisotopic (exact) mass is 714 g/mol. The Morgan fingerprint density at radius 3 is 1.91 bits per heavy atom. The van der Waals surface area contributed by atoms with Gasteiger partial charge in [0.25, 0.3) is 0 Å². The Balaban J connectivity index is 1.10. The summed E-state index contributed by atoms with van der Waals surface area (Å²) in [5.41, 5.74) is 6.10. The number of aromatic nitrogens is 5. The van der Waals surface area contributed by atoms with Gasteiger partial charge in [-0.3, -0.25) is 0 Å². The molecule has 2 saturated heterocycles. The van der Waals surface area contributed by atoms with Gasteiger partial charge in [0.05, 0.1) is 45.0 Å². The number of likely N-dealkylation sites (N-methyl/N-ethyl adjacent to an activating group) is 1. The van der Waals surface area contributed by atoms with Crippen LogP contribution in [0.3, 0.4) is 0 Å². The Morgan fingerprint density at radius 2 is 1.32 bits per heavy atom. The lowest BCUT2D eigenvalue weighted by Gasteiger charge is -2.33. The summed E-state index contributed by atoms with van der Waals surface area (Å²) in [7, 11) is 5.53. The minimum atomic E-state index is 0.621. The number of anilines is 5. The van der Waals surface area contributed by atoms with Crippen LogP contribution in [0.25, 0.3) is 11.3 Å². The van der Waals surface area contributed by atoms with Crippen molar-refractivity contribution in [2.45, 2.75) is 19.5 Å². The summed E-state index contributed by atoms with van der Waals surface area (Å²) in [6.07, 6.45) is 6.59. The Bertz CT molecular complexity index is 1910. The van der Waals surface area contributed by atoms with E-state index in [2.05, 4.69) is 67.9 Å². The Kier molecular flexibility index (Phi) is 10.2. The average molecular weight is 715 g/mol. The van der Waals surface area contributed by atoms with Crippen LogP contribution in [0.4, 0.5) is 29.2 Å². The van der Waals surface area contributed by atoms with E-state index < -0.39 is 0 Å². The molecular weight excluding hydrogens is 669 g/mol. The standard InChI is InChI=1S/C40H46N10O3/c1-46-16-18-47(19-17-46)36-13-8-32(26-41-36)50-15-14-35-37(44-40(45-38(35)50)48-20-22-53-23-21-48)31-24-42-39(43-25-31)49(27-29-4-9-33(51-2)10-5-29)28-30-6-11-34(52-3)12-7-30/h4-13,24-26H,14-23,27-28H2,1-3H3. The quantitative estimate of drug-likeness (QED) is 0.187. The lowest BCUT2D eigenvalue weighted by Crippen LogP contribution is -2.44. The molecule has 3 aliphatic heterocycles. The van der Waals surface area contributed by atoms with Gasteiger partial charge >= 0.3 is 0 Å². The van der Waals surface area contributed by atoms with Crippen LogP contribution in [-0.4, -0.2) is 110 Å². The number of methoxy groups -OCH3 is 2. The van der Waals surface area contributed by atoms with E-state index in [-0.39, 0.29) is 0 Å². The molecular formula is C40H46N10O3. The van der Waals surface area contributed by atoms with E-state index in [1.54, 1.807) is 14.2 Å². The molecule has 3 aliphatic rings. The van der Waals surface area contributed by atoms with Crippen molar-refractivity contribution in [2.75, 3.05) is 99.9 Å². The molecule has 5 aromatic rings. The molecule has 0 atom stereocenters. The molecule has 6 heterocycles. The molecule has 0 bridgehead atoms. The predicted octanol–water partition coefficient (Wildman–Crippen LogP) is 4.84. The second-order valence-corrected chi connectivity index (χ2v) is 13.7. The minimum Gasteiger partial charge on any atom is -0.497 e. The van der Waals surface area contributed by atoms with E-state index in [1.807, 2.05) is 42.9 Å². The van der Waals surface area contributed by atoms with Crippen LogP contribution in [0.15, 0.2) is 79.3 Å². The third-order valence-corrected chi connectivity index (χ3v) is 10.2. The number of nitrogens with zero attached hydrogens (tertiary/aromatic N) is 10. The first-order valence-corrected chi connectivity index (χ1v) is 18.3. The first kappa shape index (κ1) is 34.6. The SMILES string of the molecule is COc1ccc(CN(Cc2ccc(OC)cc2)c2ncc(-c3nc(N4CCOCC4)nc4c3CCN4c3ccc(N4CCN(C)CC4)nc3)cn2)cc1. The number of hydrogen-bond donors (Lipinski definition) is 0. The molecule has 274 valence electrons. The van der Waals surface area contributed by atoms with Gasteiger partial charge < -0.3 is 38.7 Å². The number of piperazine rings is 1. The van der Waals surface area contributed by atoms with Crippen molar-refractivity contribution in [1.29, 1.82) is 0 Å². The molecule has 0 amide bonds. The first-order chi connectivity index (χ1) is 26.0. The fraction of sp³-hybridized carbons (Fsp3) is 0.375. The summed E-state index contributed by atoms with van der Waals surface area (Å²) in [4.78, 5) is 36.5. The van der Waals surface area contributed by atoms with Gasteiger partial charge in [0.2, 0.25) is 11.9 Å². The topological polar surface area (TPSA) is 108 Å². The first-order valence-electron chi connectivity index (χ1n) is 18.3. The summed E-state index contributed by atoms with van der Waals surface area (Å²) >= 11 is 0. The van der Waals surface area contributed by atoms with Crippen molar-refractivity contribution >= 4 is 29.2 Å². The maximum Gasteiger partial charge on any atom is 0.228 e. The molecule has 8 rings (SSSR count). The van der Waals surface area contributed by atoms with Crippen LogP contribution in [0.1, 0.15) is 16.7 Å². The number of fused-ring (bicyclic) bond motifs is 1. The number of pyridine rings is 1. The van der Waals surface area contributed by atoms with Crippen molar-refractivity contribution in [3.63, 3.8) is 0 Å². The third kappa shape index (κ3) is 7.67. The van der Waals surface area contributed by atoms with Crippen molar-refractivity contribution in [3.8, 4) is 22.8 Å². The fourth-order valence-corrected chi connectivity index (χ4v) is 7.11. The lowest BCUT2D eigenvalue weighted by molar-refractivity contribution is 0.122. The minimum absolute atomic E-state index is 0.621. The van der Waals surface area contributed by atoms with Crippen LogP contribution >= 0.6 is 0 Å². The maximum atomic E-state index is 5.67. The van der Waals surface area contributed by atoms with Crippen molar-refractivity contribution in [1.82, 2.24) is 29.8 Å². The van der Waals surface area contributed by atoms with Gasteiger partial charge in [-0.15, -0.1) is 0 Å². The van der Waals surface area contributed by atoms with E-state index in [0.717, 1.165) is 109 Å². The average Bonchev–Trinajstić information content (AvgIpc) is 3.66. The van der Waals surface area contributed by atoms with Gasteiger partial charge in [-0.2, -0.15) is 4.98 Å². The number of ether oxygens (including phenoxy) is 3. The van der Waals surface area contributed by atoms with Gasteiger partial charge in [0.1, 0.15) is 23.1 Å². The molecule has 3 aromatic heterocycles. The number of hydrogen-bond acceptors (Lipinski definition) is 13. The summed E-state index contributed by atoms with van der Waals surface area (Å²) in [5, 5.41) is 0. The molecule has 0 spiro atoms. The number of benzene rings is 2. The zero-order valence-electron chi connectivity index (χ0n) is 30.7. The smallest absolute Gasteiger partial charge is 0.228 e. The summed E-state index contributed by atoms with van der Waals surface area (Å²) in [6.45, 7) is 8.85. The molecule has 2 fully saturated rings. The zero-order valence-corrected chi connectivity index (χ0v) is 30.7. The van der Waals surface area contributed by atoms with Gasteiger partial charge in [-0.05, 0) is 61.0 Å². The summed E-state index contributed by atoms with van der Waals surface area (Å²) < 4.78 is 16.5. The van der Waals surface area contributed by atoms with Gasteiger partial charge in [-0.25, -0.2) is 19.9 Å². The van der Waals surface area contributed by atoms with Crippen molar-refractivity contribution in [3.05, 3.63) is 95.9 Å². The lowest BCUT2D eigenvalue weighted by atomic mass is 10.1. The third-order valence-electron chi connectivity index (χ3n) is 10.2. The largest absolute Gasteiger partial charge is 0.497 e. The second kappa shape index (κ2) is 15.6. The molecule has 0 N–H and O–H groups in total. The zero-order chi connectivity index (χ0) is 36.1. The highest BCUT2D eigenvalue weighted by atomic mass is 16.5.